The molecule has 0 bridgehead atoms. The summed E-state index contributed by atoms with van der Waals surface area (Å²) in [6.07, 6.45) is 8.65. The fourth-order valence-electron chi connectivity index (χ4n) is 3.39. The third kappa shape index (κ3) is 2.65. The van der Waals surface area contributed by atoms with E-state index >= 15 is 0 Å². The van der Waals surface area contributed by atoms with Crippen molar-refractivity contribution in [2.24, 2.45) is 5.92 Å². The topological polar surface area (TPSA) is 46.6 Å². The third-order valence-corrected chi connectivity index (χ3v) is 4.54. The third-order valence-electron chi connectivity index (χ3n) is 4.54. The molecule has 0 radical (unpaired) electrons. The number of allylic oxidation sites excluding steroid dienone is 2. The van der Waals surface area contributed by atoms with E-state index in [0.29, 0.717) is 5.56 Å². The van der Waals surface area contributed by atoms with Crippen molar-refractivity contribution in [3.63, 3.8) is 0 Å². The van der Waals surface area contributed by atoms with Crippen molar-refractivity contribution in [2.45, 2.75) is 32.1 Å². The number of rotatable bonds is 2. The summed E-state index contributed by atoms with van der Waals surface area (Å²) in [4.78, 5) is 26.6. The second-order valence-corrected chi connectivity index (χ2v) is 5.87. The maximum atomic E-state index is 12.8. The predicted octanol–water partition coefficient (Wildman–Crippen LogP) is 3.11. The minimum absolute atomic E-state index is 0.0673. The number of benzene rings is 1. The lowest BCUT2D eigenvalue weighted by Gasteiger charge is -2.33. The molecule has 0 aromatic heterocycles. The number of hydrogen-bond donors (Lipinski definition) is 0. The second kappa shape index (κ2) is 6.34. The maximum Gasteiger partial charge on any atom is 0.338 e. The maximum absolute atomic E-state index is 12.8. The first kappa shape index (κ1) is 14.8. The Morgan fingerprint density at radius 3 is 2.86 bits per heavy atom. The molecule has 1 aliphatic heterocycles. The lowest BCUT2D eigenvalue weighted by molar-refractivity contribution is -0.122. The molecule has 4 nitrogen and oxygen atoms in total. The SMILES string of the molecule is COC(=O)c1cccc2c1CCCN2C(=O)[C@@H]1CC=CCC1. The van der Waals surface area contributed by atoms with Gasteiger partial charge in [-0.25, -0.2) is 4.79 Å². The van der Waals surface area contributed by atoms with Crippen molar-refractivity contribution in [3.05, 3.63) is 41.5 Å². The lowest BCUT2D eigenvalue weighted by Crippen LogP contribution is -2.40. The average molecular weight is 299 g/mol. The van der Waals surface area contributed by atoms with Crippen LogP contribution in [-0.4, -0.2) is 25.5 Å². The smallest absolute Gasteiger partial charge is 0.338 e. The number of carbonyl (C=O) groups excluding carboxylic acids is 2. The number of fused-ring (bicyclic) bond motifs is 1. The zero-order valence-electron chi connectivity index (χ0n) is 12.9. The largest absolute Gasteiger partial charge is 0.465 e. The number of esters is 1. The van der Waals surface area contributed by atoms with Gasteiger partial charge in [0.2, 0.25) is 5.91 Å². The number of nitrogens with zero attached hydrogens (tertiary/aromatic N) is 1. The first-order valence-corrected chi connectivity index (χ1v) is 7.89. The Morgan fingerprint density at radius 2 is 2.14 bits per heavy atom. The lowest BCUT2D eigenvalue weighted by atomic mass is 9.90. The fourth-order valence-corrected chi connectivity index (χ4v) is 3.39. The van der Waals surface area contributed by atoms with E-state index in [9.17, 15) is 9.59 Å². The monoisotopic (exact) mass is 299 g/mol. The van der Waals surface area contributed by atoms with Gasteiger partial charge in [0, 0.05) is 18.2 Å². The van der Waals surface area contributed by atoms with Crippen LogP contribution in [-0.2, 0) is 16.0 Å². The summed E-state index contributed by atoms with van der Waals surface area (Å²) >= 11 is 0. The number of amides is 1. The first-order chi connectivity index (χ1) is 10.7. The van der Waals surface area contributed by atoms with Gasteiger partial charge in [-0.15, -0.1) is 0 Å². The van der Waals surface area contributed by atoms with Gasteiger partial charge in [0.1, 0.15) is 0 Å². The summed E-state index contributed by atoms with van der Waals surface area (Å²) < 4.78 is 4.86. The van der Waals surface area contributed by atoms with Crippen LogP contribution in [0.15, 0.2) is 30.4 Å². The van der Waals surface area contributed by atoms with Gasteiger partial charge < -0.3 is 9.64 Å². The molecule has 1 aromatic rings. The standard InChI is InChI=1S/C18H21NO3/c1-22-18(21)15-9-5-11-16-14(15)10-6-12-19(16)17(20)13-7-3-2-4-8-13/h2-3,5,9,11,13H,4,6-8,10,12H2,1H3/t13-/m1/s1. The number of ether oxygens (including phenoxy) is 1. The minimum Gasteiger partial charge on any atom is -0.465 e. The quantitative estimate of drug-likeness (QED) is 0.622. The Kier molecular flexibility index (Phi) is 4.27. The van der Waals surface area contributed by atoms with Crippen LogP contribution in [0.1, 0.15) is 41.6 Å². The van der Waals surface area contributed by atoms with Crippen LogP contribution in [0.2, 0.25) is 0 Å². The van der Waals surface area contributed by atoms with Gasteiger partial charge in [-0.2, -0.15) is 0 Å². The molecule has 0 spiro atoms. The highest BCUT2D eigenvalue weighted by Crippen LogP contribution is 2.33. The molecule has 0 fully saturated rings. The molecule has 4 heteroatoms. The van der Waals surface area contributed by atoms with Gasteiger partial charge in [-0.3, -0.25) is 4.79 Å². The number of carbonyl (C=O) groups is 2. The zero-order chi connectivity index (χ0) is 15.5. The van der Waals surface area contributed by atoms with Crippen LogP contribution in [0, 0.1) is 5.92 Å². The number of methoxy groups -OCH3 is 1. The minimum atomic E-state index is -0.327. The summed E-state index contributed by atoms with van der Waals surface area (Å²) in [6, 6.07) is 5.55. The van der Waals surface area contributed by atoms with Gasteiger partial charge in [0.25, 0.3) is 0 Å². The summed E-state index contributed by atoms with van der Waals surface area (Å²) in [7, 11) is 1.39. The van der Waals surface area contributed by atoms with Crippen molar-refractivity contribution < 1.29 is 14.3 Å². The van der Waals surface area contributed by atoms with E-state index in [0.717, 1.165) is 49.9 Å². The second-order valence-electron chi connectivity index (χ2n) is 5.87. The van der Waals surface area contributed by atoms with Crippen LogP contribution >= 0.6 is 0 Å². The number of hydrogen-bond acceptors (Lipinski definition) is 3. The van der Waals surface area contributed by atoms with Gasteiger partial charge >= 0.3 is 5.97 Å². The molecule has 0 saturated heterocycles. The van der Waals surface area contributed by atoms with E-state index in [-0.39, 0.29) is 17.8 Å². The molecule has 116 valence electrons. The van der Waals surface area contributed by atoms with E-state index in [1.54, 1.807) is 6.07 Å². The highest BCUT2D eigenvalue weighted by atomic mass is 16.5. The Bertz CT molecular complexity index is 621. The molecule has 1 aromatic carbocycles. The molecular formula is C18H21NO3. The van der Waals surface area contributed by atoms with E-state index in [2.05, 4.69) is 12.2 Å². The molecule has 0 unspecified atom stereocenters. The van der Waals surface area contributed by atoms with Crippen LogP contribution in [0.5, 0.6) is 0 Å². The molecule has 0 saturated carbocycles. The molecule has 22 heavy (non-hydrogen) atoms. The molecule has 1 heterocycles. The van der Waals surface area contributed by atoms with Crippen LogP contribution < -0.4 is 4.90 Å². The Balaban J connectivity index is 1.92. The van der Waals surface area contributed by atoms with Crippen LogP contribution in [0.3, 0.4) is 0 Å². The molecular weight excluding hydrogens is 278 g/mol. The molecule has 0 N–H and O–H groups in total. The number of anilines is 1. The van der Waals surface area contributed by atoms with Gasteiger partial charge in [0.05, 0.1) is 12.7 Å². The summed E-state index contributed by atoms with van der Waals surface area (Å²) in [5.74, 6) is -0.0724. The van der Waals surface area contributed by atoms with Crippen molar-refractivity contribution >= 4 is 17.6 Å². The normalized spacial score (nSPS) is 20.4. The Hall–Kier alpha value is -2.10. The van der Waals surface area contributed by atoms with E-state index in [1.165, 1.54) is 7.11 Å². The Morgan fingerprint density at radius 1 is 1.27 bits per heavy atom. The zero-order valence-corrected chi connectivity index (χ0v) is 12.9. The first-order valence-electron chi connectivity index (χ1n) is 7.89. The molecule has 1 aliphatic carbocycles. The average Bonchev–Trinajstić information content (AvgIpc) is 2.60. The van der Waals surface area contributed by atoms with Crippen LogP contribution in [0.25, 0.3) is 0 Å². The van der Waals surface area contributed by atoms with Crippen molar-refractivity contribution in [1.82, 2.24) is 0 Å². The van der Waals surface area contributed by atoms with Crippen molar-refractivity contribution in [3.8, 4) is 0 Å². The molecule has 3 rings (SSSR count). The van der Waals surface area contributed by atoms with Crippen molar-refractivity contribution in [1.29, 1.82) is 0 Å². The van der Waals surface area contributed by atoms with E-state index in [4.69, 9.17) is 4.74 Å². The fraction of sp³-hybridized carbons (Fsp3) is 0.444. The molecule has 1 amide bonds. The Labute approximate surface area is 130 Å². The van der Waals surface area contributed by atoms with E-state index in [1.807, 2.05) is 17.0 Å². The van der Waals surface area contributed by atoms with Gasteiger partial charge in [-0.05, 0) is 49.8 Å². The highest BCUT2D eigenvalue weighted by molar-refractivity contribution is 5.99. The summed E-state index contributed by atoms with van der Waals surface area (Å²) in [5.41, 5.74) is 2.41. The molecule has 2 aliphatic rings. The van der Waals surface area contributed by atoms with Gasteiger partial charge in [-0.1, -0.05) is 18.2 Å². The van der Waals surface area contributed by atoms with Gasteiger partial charge in [0.15, 0.2) is 0 Å². The highest BCUT2D eigenvalue weighted by Gasteiger charge is 2.30. The summed E-state index contributed by atoms with van der Waals surface area (Å²) in [6.45, 7) is 0.733. The van der Waals surface area contributed by atoms with Crippen molar-refractivity contribution in [2.75, 3.05) is 18.6 Å². The predicted molar refractivity (Wildman–Crippen MR) is 84.9 cm³/mol. The molecule has 1 atom stereocenters. The summed E-state index contributed by atoms with van der Waals surface area (Å²) in [5, 5.41) is 0. The van der Waals surface area contributed by atoms with E-state index < -0.39 is 0 Å². The van der Waals surface area contributed by atoms with Crippen LogP contribution in [0.4, 0.5) is 5.69 Å².